The van der Waals surface area contributed by atoms with Crippen LogP contribution in [0.25, 0.3) is 0 Å². The van der Waals surface area contributed by atoms with Gasteiger partial charge in [-0.25, -0.2) is 9.67 Å². The third-order valence-electron chi connectivity index (χ3n) is 4.46. The third-order valence-corrected chi connectivity index (χ3v) is 4.46. The topological polar surface area (TPSA) is 63.5 Å². The number of carbonyl (C=O) groups excluding carboxylic acids is 1. The fraction of sp³-hybridized carbons (Fsp3) is 0.800. The van der Waals surface area contributed by atoms with Crippen molar-refractivity contribution in [2.75, 3.05) is 45.9 Å². The lowest BCUT2D eigenvalue weighted by atomic mass is 10.1. The van der Waals surface area contributed by atoms with Gasteiger partial charge in [0.05, 0.1) is 25.8 Å². The van der Waals surface area contributed by atoms with Crippen LogP contribution >= 0.6 is 0 Å². The standard InChI is InChI=1S/C15H25N5O2/c1-12-16-13(2)20(17-12)14-4-3-5-18(10-14)11-15(21)19-6-8-22-9-7-19/h14H,3-11H2,1-2H3. The van der Waals surface area contributed by atoms with Gasteiger partial charge >= 0.3 is 0 Å². The highest BCUT2D eigenvalue weighted by Gasteiger charge is 2.26. The van der Waals surface area contributed by atoms with Crippen LogP contribution < -0.4 is 0 Å². The van der Waals surface area contributed by atoms with E-state index in [4.69, 9.17) is 4.74 Å². The number of morpholine rings is 1. The van der Waals surface area contributed by atoms with Crippen LogP contribution in [0, 0.1) is 13.8 Å². The molecular weight excluding hydrogens is 282 g/mol. The molecule has 1 atom stereocenters. The maximum absolute atomic E-state index is 12.4. The summed E-state index contributed by atoms with van der Waals surface area (Å²) in [6.45, 7) is 9.04. The Kier molecular flexibility index (Phi) is 4.73. The molecule has 0 aliphatic carbocycles. The molecule has 1 amide bonds. The summed E-state index contributed by atoms with van der Waals surface area (Å²) in [6.07, 6.45) is 2.20. The van der Waals surface area contributed by atoms with Crippen LogP contribution in [0.3, 0.4) is 0 Å². The Morgan fingerprint density at radius 3 is 2.73 bits per heavy atom. The number of aryl methyl sites for hydroxylation is 2. The Morgan fingerprint density at radius 2 is 2.05 bits per heavy atom. The quantitative estimate of drug-likeness (QED) is 0.808. The molecule has 7 nitrogen and oxygen atoms in total. The van der Waals surface area contributed by atoms with Gasteiger partial charge in [-0.05, 0) is 33.2 Å². The van der Waals surface area contributed by atoms with Gasteiger partial charge in [0, 0.05) is 19.6 Å². The number of ether oxygens (including phenoxy) is 1. The van der Waals surface area contributed by atoms with Gasteiger partial charge < -0.3 is 9.64 Å². The fourth-order valence-corrected chi connectivity index (χ4v) is 3.36. The monoisotopic (exact) mass is 307 g/mol. The summed E-state index contributed by atoms with van der Waals surface area (Å²) >= 11 is 0. The average Bonchev–Trinajstić information content (AvgIpc) is 2.87. The number of piperidine rings is 1. The van der Waals surface area contributed by atoms with Crippen LogP contribution in [0.2, 0.25) is 0 Å². The van der Waals surface area contributed by atoms with Crippen LogP contribution in [0.4, 0.5) is 0 Å². The summed E-state index contributed by atoms with van der Waals surface area (Å²) in [7, 11) is 0. The molecule has 122 valence electrons. The lowest BCUT2D eigenvalue weighted by Gasteiger charge is -2.34. The van der Waals surface area contributed by atoms with E-state index in [-0.39, 0.29) is 5.91 Å². The molecule has 0 N–H and O–H groups in total. The minimum Gasteiger partial charge on any atom is -0.378 e. The number of carbonyl (C=O) groups is 1. The normalized spacial score (nSPS) is 23.7. The van der Waals surface area contributed by atoms with Gasteiger partial charge in [0.1, 0.15) is 11.6 Å². The summed E-state index contributed by atoms with van der Waals surface area (Å²) < 4.78 is 7.33. The average molecular weight is 307 g/mol. The summed E-state index contributed by atoms with van der Waals surface area (Å²) in [5.41, 5.74) is 0. The largest absolute Gasteiger partial charge is 0.378 e. The van der Waals surface area contributed by atoms with Crippen LogP contribution in [-0.4, -0.2) is 76.4 Å². The Labute approximate surface area is 131 Å². The molecule has 0 aromatic carbocycles. The van der Waals surface area contributed by atoms with E-state index < -0.39 is 0 Å². The lowest BCUT2D eigenvalue weighted by Crippen LogP contribution is -2.48. The highest BCUT2D eigenvalue weighted by Crippen LogP contribution is 2.22. The molecule has 0 radical (unpaired) electrons. The van der Waals surface area contributed by atoms with Gasteiger partial charge in [-0.3, -0.25) is 9.69 Å². The van der Waals surface area contributed by atoms with E-state index in [1.165, 1.54) is 0 Å². The molecule has 0 saturated carbocycles. The molecular formula is C15H25N5O2. The SMILES string of the molecule is Cc1nc(C)n(C2CCCN(CC(=O)N3CCOCC3)C2)n1. The first kappa shape index (κ1) is 15.4. The van der Waals surface area contributed by atoms with Crippen LogP contribution in [0.1, 0.15) is 30.5 Å². The van der Waals surface area contributed by atoms with Gasteiger partial charge in [-0.2, -0.15) is 5.10 Å². The predicted octanol–water partition coefficient (Wildman–Crippen LogP) is 0.391. The first-order chi connectivity index (χ1) is 10.6. The molecule has 0 bridgehead atoms. The van der Waals surface area contributed by atoms with E-state index >= 15 is 0 Å². The lowest BCUT2D eigenvalue weighted by molar-refractivity contribution is -0.136. The Morgan fingerprint density at radius 1 is 1.27 bits per heavy atom. The van der Waals surface area contributed by atoms with Gasteiger partial charge in [-0.15, -0.1) is 0 Å². The zero-order valence-corrected chi connectivity index (χ0v) is 13.5. The van der Waals surface area contributed by atoms with Gasteiger partial charge in [0.2, 0.25) is 5.91 Å². The number of amides is 1. The summed E-state index contributed by atoms with van der Waals surface area (Å²) in [5, 5.41) is 4.50. The van der Waals surface area contributed by atoms with Crippen molar-refractivity contribution in [3.63, 3.8) is 0 Å². The number of hydrogen-bond donors (Lipinski definition) is 0. The first-order valence-corrected chi connectivity index (χ1v) is 8.11. The van der Waals surface area contributed by atoms with E-state index in [2.05, 4.69) is 15.0 Å². The highest BCUT2D eigenvalue weighted by atomic mass is 16.5. The van der Waals surface area contributed by atoms with Gasteiger partial charge in [0.15, 0.2) is 0 Å². The molecule has 2 saturated heterocycles. The molecule has 3 rings (SSSR count). The summed E-state index contributed by atoms with van der Waals surface area (Å²) in [6, 6.07) is 0.326. The smallest absolute Gasteiger partial charge is 0.236 e. The predicted molar refractivity (Wildman–Crippen MR) is 81.6 cm³/mol. The molecule has 3 heterocycles. The minimum atomic E-state index is 0.218. The van der Waals surface area contributed by atoms with Crippen molar-refractivity contribution in [3.8, 4) is 0 Å². The van der Waals surface area contributed by atoms with Crippen molar-refractivity contribution < 1.29 is 9.53 Å². The molecule has 7 heteroatoms. The number of nitrogens with zero attached hydrogens (tertiary/aromatic N) is 5. The second kappa shape index (κ2) is 6.75. The number of aromatic nitrogens is 3. The molecule has 2 aliphatic heterocycles. The number of likely N-dealkylation sites (tertiary alicyclic amines) is 1. The molecule has 2 aliphatic rings. The second-order valence-corrected chi connectivity index (χ2v) is 6.18. The maximum Gasteiger partial charge on any atom is 0.236 e. The van der Waals surface area contributed by atoms with E-state index in [9.17, 15) is 4.79 Å². The first-order valence-electron chi connectivity index (χ1n) is 8.11. The Hall–Kier alpha value is -1.47. The van der Waals surface area contributed by atoms with Crippen LogP contribution in [0.5, 0.6) is 0 Å². The highest BCUT2D eigenvalue weighted by molar-refractivity contribution is 5.78. The zero-order chi connectivity index (χ0) is 15.5. The van der Waals surface area contributed by atoms with Crippen molar-refractivity contribution in [1.29, 1.82) is 0 Å². The van der Waals surface area contributed by atoms with Gasteiger partial charge in [-0.1, -0.05) is 0 Å². The Balaban J connectivity index is 1.58. The van der Waals surface area contributed by atoms with E-state index in [0.29, 0.717) is 25.8 Å². The molecule has 22 heavy (non-hydrogen) atoms. The van der Waals surface area contributed by atoms with E-state index in [1.54, 1.807) is 0 Å². The van der Waals surface area contributed by atoms with Gasteiger partial charge in [0.25, 0.3) is 0 Å². The minimum absolute atomic E-state index is 0.218. The van der Waals surface area contributed by atoms with Crippen molar-refractivity contribution in [1.82, 2.24) is 24.6 Å². The van der Waals surface area contributed by atoms with Crippen LogP contribution in [0.15, 0.2) is 0 Å². The van der Waals surface area contributed by atoms with E-state index in [0.717, 1.165) is 50.7 Å². The number of hydrogen-bond acceptors (Lipinski definition) is 5. The van der Waals surface area contributed by atoms with Crippen molar-refractivity contribution in [2.24, 2.45) is 0 Å². The maximum atomic E-state index is 12.4. The van der Waals surface area contributed by atoms with E-state index in [1.807, 2.05) is 23.4 Å². The molecule has 1 unspecified atom stereocenters. The molecule has 1 aromatic rings. The second-order valence-electron chi connectivity index (χ2n) is 6.18. The Bertz CT molecular complexity index is 524. The van der Waals surface area contributed by atoms with Crippen LogP contribution in [-0.2, 0) is 9.53 Å². The summed E-state index contributed by atoms with van der Waals surface area (Å²) in [4.78, 5) is 20.9. The van der Waals surface area contributed by atoms with Crippen molar-refractivity contribution >= 4 is 5.91 Å². The van der Waals surface area contributed by atoms with Crippen molar-refractivity contribution in [3.05, 3.63) is 11.6 Å². The molecule has 1 aromatic heterocycles. The molecule has 2 fully saturated rings. The number of rotatable bonds is 3. The summed E-state index contributed by atoms with van der Waals surface area (Å²) in [5.74, 6) is 2.00. The fourth-order valence-electron chi connectivity index (χ4n) is 3.36. The zero-order valence-electron chi connectivity index (χ0n) is 13.5. The third kappa shape index (κ3) is 3.47. The molecule has 0 spiro atoms. The van der Waals surface area contributed by atoms with Crippen molar-refractivity contribution in [2.45, 2.75) is 32.7 Å².